The maximum Gasteiger partial charge on any atom is 0.419 e. The number of aliphatic hydroxyl groups is 1. The molecule has 1 atom stereocenters. The van der Waals surface area contributed by atoms with Gasteiger partial charge in [-0.3, -0.25) is 0 Å². The summed E-state index contributed by atoms with van der Waals surface area (Å²) in [6, 6.07) is 3.61. The number of aryl methyl sites for hydroxylation is 2. The van der Waals surface area contributed by atoms with E-state index in [1.165, 1.54) is 4.68 Å². The Morgan fingerprint density at radius 3 is 2.27 bits per heavy atom. The van der Waals surface area contributed by atoms with Crippen LogP contribution in [-0.4, -0.2) is 14.9 Å². The van der Waals surface area contributed by atoms with Crippen LogP contribution in [0.15, 0.2) is 24.5 Å². The van der Waals surface area contributed by atoms with Crippen molar-refractivity contribution in [2.24, 2.45) is 0 Å². The van der Waals surface area contributed by atoms with E-state index in [2.05, 4.69) is 5.10 Å². The second-order valence-electron chi connectivity index (χ2n) is 5.48. The SMILES string of the molecule is CCCC(O)c1cc(C)c(-n2cc(C(F)(F)F)cn2)c(C)c1. The number of hydrogen-bond donors (Lipinski definition) is 1. The summed E-state index contributed by atoms with van der Waals surface area (Å²) in [6.45, 7) is 5.60. The van der Waals surface area contributed by atoms with Crippen molar-refractivity contribution in [1.29, 1.82) is 0 Å². The third-order valence-corrected chi connectivity index (χ3v) is 3.60. The molecule has 1 N–H and O–H groups in total. The molecule has 1 aromatic heterocycles. The zero-order chi connectivity index (χ0) is 16.5. The molecule has 3 nitrogen and oxygen atoms in total. The van der Waals surface area contributed by atoms with E-state index < -0.39 is 17.8 Å². The van der Waals surface area contributed by atoms with Gasteiger partial charge >= 0.3 is 6.18 Å². The van der Waals surface area contributed by atoms with Gasteiger partial charge in [-0.05, 0) is 37.0 Å². The maximum absolute atomic E-state index is 12.7. The van der Waals surface area contributed by atoms with Gasteiger partial charge < -0.3 is 5.11 Å². The summed E-state index contributed by atoms with van der Waals surface area (Å²) in [5, 5.41) is 13.9. The van der Waals surface area contributed by atoms with Crippen LogP contribution >= 0.6 is 0 Å². The lowest BCUT2D eigenvalue weighted by Crippen LogP contribution is -2.06. The van der Waals surface area contributed by atoms with Crippen molar-refractivity contribution >= 4 is 0 Å². The van der Waals surface area contributed by atoms with Crippen molar-refractivity contribution in [2.45, 2.75) is 45.9 Å². The lowest BCUT2D eigenvalue weighted by molar-refractivity contribution is -0.137. The Bertz CT molecular complexity index is 639. The number of aromatic nitrogens is 2. The van der Waals surface area contributed by atoms with Crippen LogP contribution in [0.5, 0.6) is 0 Å². The fourth-order valence-electron chi connectivity index (χ4n) is 2.57. The normalized spacial score (nSPS) is 13.4. The van der Waals surface area contributed by atoms with E-state index in [-0.39, 0.29) is 0 Å². The molecule has 120 valence electrons. The Labute approximate surface area is 127 Å². The van der Waals surface area contributed by atoms with E-state index in [4.69, 9.17) is 0 Å². The number of aliphatic hydroxyl groups excluding tert-OH is 1. The zero-order valence-electron chi connectivity index (χ0n) is 12.8. The highest BCUT2D eigenvalue weighted by Gasteiger charge is 2.32. The van der Waals surface area contributed by atoms with Gasteiger partial charge in [0, 0.05) is 6.20 Å². The van der Waals surface area contributed by atoms with E-state index in [9.17, 15) is 18.3 Å². The van der Waals surface area contributed by atoms with Crippen molar-refractivity contribution in [3.05, 3.63) is 46.8 Å². The maximum atomic E-state index is 12.7. The molecule has 0 aliphatic rings. The quantitative estimate of drug-likeness (QED) is 0.912. The van der Waals surface area contributed by atoms with E-state index in [0.29, 0.717) is 12.1 Å². The highest BCUT2D eigenvalue weighted by Crippen LogP contribution is 2.31. The smallest absolute Gasteiger partial charge is 0.388 e. The van der Waals surface area contributed by atoms with Crippen LogP contribution in [0, 0.1) is 13.8 Å². The van der Waals surface area contributed by atoms with Crippen LogP contribution in [0.2, 0.25) is 0 Å². The molecule has 1 heterocycles. The number of alkyl halides is 3. The third-order valence-electron chi connectivity index (χ3n) is 3.60. The summed E-state index contributed by atoms with van der Waals surface area (Å²) in [5.74, 6) is 0. The summed E-state index contributed by atoms with van der Waals surface area (Å²) in [6.07, 6.45) is -1.65. The van der Waals surface area contributed by atoms with E-state index in [1.54, 1.807) is 26.0 Å². The first-order valence-corrected chi connectivity index (χ1v) is 7.15. The standard InChI is InChI=1S/C16H19F3N2O/c1-4-5-14(22)12-6-10(2)15(11(3)7-12)21-9-13(8-20-21)16(17,18)19/h6-9,14,22H,4-5H2,1-3H3. The van der Waals surface area contributed by atoms with Crippen LogP contribution in [0.4, 0.5) is 13.2 Å². The van der Waals surface area contributed by atoms with Crippen LogP contribution < -0.4 is 0 Å². The van der Waals surface area contributed by atoms with E-state index in [0.717, 1.165) is 35.5 Å². The molecule has 0 aliphatic heterocycles. The molecule has 1 aromatic carbocycles. The van der Waals surface area contributed by atoms with Crippen molar-refractivity contribution in [2.75, 3.05) is 0 Å². The number of nitrogens with zero attached hydrogens (tertiary/aromatic N) is 2. The first-order chi connectivity index (χ1) is 10.2. The average molecular weight is 312 g/mol. The van der Waals surface area contributed by atoms with E-state index >= 15 is 0 Å². The molecule has 0 aliphatic carbocycles. The fraction of sp³-hybridized carbons (Fsp3) is 0.438. The third kappa shape index (κ3) is 3.32. The molecule has 0 amide bonds. The molecule has 0 saturated heterocycles. The molecule has 2 rings (SSSR count). The van der Waals surface area contributed by atoms with Crippen molar-refractivity contribution in [3.8, 4) is 5.69 Å². The van der Waals surface area contributed by atoms with Crippen LogP contribution in [0.3, 0.4) is 0 Å². The predicted octanol–water partition coefficient (Wildman–Crippen LogP) is 4.34. The van der Waals surface area contributed by atoms with Crippen LogP contribution in [0.1, 0.15) is 48.1 Å². The topological polar surface area (TPSA) is 38.0 Å². The van der Waals surface area contributed by atoms with Crippen molar-refractivity contribution < 1.29 is 18.3 Å². The predicted molar refractivity (Wildman–Crippen MR) is 77.9 cm³/mol. The fourth-order valence-corrected chi connectivity index (χ4v) is 2.57. The largest absolute Gasteiger partial charge is 0.419 e. The lowest BCUT2D eigenvalue weighted by atomic mass is 9.98. The Balaban J connectivity index is 2.42. The Morgan fingerprint density at radius 1 is 1.23 bits per heavy atom. The second kappa shape index (κ2) is 6.12. The van der Waals surface area contributed by atoms with Gasteiger partial charge in [-0.15, -0.1) is 0 Å². The zero-order valence-corrected chi connectivity index (χ0v) is 12.8. The summed E-state index contributed by atoms with van der Waals surface area (Å²) in [7, 11) is 0. The van der Waals surface area contributed by atoms with Gasteiger partial charge in [0.15, 0.2) is 0 Å². The van der Waals surface area contributed by atoms with Gasteiger partial charge in [-0.2, -0.15) is 18.3 Å². The molecule has 0 radical (unpaired) electrons. The van der Waals surface area contributed by atoms with Gasteiger partial charge in [0.1, 0.15) is 0 Å². The molecule has 0 spiro atoms. The molecular weight excluding hydrogens is 293 g/mol. The average Bonchev–Trinajstić information content (AvgIpc) is 2.87. The molecule has 0 fully saturated rings. The Morgan fingerprint density at radius 2 is 1.82 bits per heavy atom. The first-order valence-electron chi connectivity index (χ1n) is 7.15. The van der Waals surface area contributed by atoms with Crippen LogP contribution in [0.25, 0.3) is 5.69 Å². The van der Waals surface area contributed by atoms with E-state index in [1.807, 2.05) is 6.92 Å². The molecule has 1 unspecified atom stereocenters. The summed E-state index contributed by atoms with van der Waals surface area (Å²) >= 11 is 0. The van der Waals surface area contributed by atoms with Gasteiger partial charge in [-0.25, -0.2) is 4.68 Å². The summed E-state index contributed by atoms with van der Waals surface area (Å²) in [4.78, 5) is 0. The van der Waals surface area contributed by atoms with Gasteiger partial charge in [0.25, 0.3) is 0 Å². The first kappa shape index (κ1) is 16.5. The number of rotatable bonds is 4. The summed E-state index contributed by atoms with van der Waals surface area (Å²) < 4.78 is 39.3. The molecule has 6 heteroatoms. The molecule has 22 heavy (non-hydrogen) atoms. The van der Waals surface area contributed by atoms with Crippen molar-refractivity contribution in [1.82, 2.24) is 9.78 Å². The number of benzene rings is 1. The van der Waals surface area contributed by atoms with Crippen molar-refractivity contribution in [3.63, 3.8) is 0 Å². The summed E-state index contributed by atoms with van der Waals surface area (Å²) in [5.41, 5.74) is 2.18. The number of hydrogen-bond acceptors (Lipinski definition) is 2. The second-order valence-corrected chi connectivity index (χ2v) is 5.48. The highest BCUT2D eigenvalue weighted by atomic mass is 19.4. The molecule has 0 bridgehead atoms. The van der Waals surface area contributed by atoms with Crippen LogP contribution in [-0.2, 0) is 6.18 Å². The highest BCUT2D eigenvalue weighted by molar-refractivity contribution is 5.49. The van der Waals surface area contributed by atoms with Gasteiger partial charge in [0.05, 0.1) is 23.6 Å². The Hall–Kier alpha value is -1.82. The van der Waals surface area contributed by atoms with Gasteiger partial charge in [-0.1, -0.05) is 25.5 Å². The number of halogens is 3. The minimum Gasteiger partial charge on any atom is -0.388 e. The van der Waals surface area contributed by atoms with Gasteiger partial charge in [0.2, 0.25) is 0 Å². The monoisotopic (exact) mass is 312 g/mol. The molecule has 0 saturated carbocycles. The molecular formula is C16H19F3N2O. The minimum absolute atomic E-state index is 0.556. The Kier molecular flexibility index (Phi) is 4.60. The molecule has 2 aromatic rings. The minimum atomic E-state index is -4.41. The lowest BCUT2D eigenvalue weighted by Gasteiger charge is -2.16.